The molecular formula is C22H27BrClN3O4S. The molecule has 10 heteroatoms. The first-order chi connectivity index (χ1) is 15.1. The third-order valence-electron chi connectivity index (χ3n) is 4.82. The van der Waals surface area contributed by atoms with E-state index >= 15 is 0 Å². The summed E-state index contributed by atoms with van der Waals surface area (Å²) in [6.07, 6.45) is 1.79. The molecule has 0 radical (unpaired) electrons. The van der Waals surface area contributed by atoms with Crippen LogP contribution in [0, 0.1) is 0 Å². The summed E-state index contributed by atoms with van der Waals surface area (Å²) >= 11 is 9.63. The largest absolute Gasteiger partial charge is 0.354 e. The highest BCUT2D eigenvalue weighted by atomic mass is 79.9. The van der Waals surface area contributed by atoms with Crippen LogP contribution < -0.4 is 9.62 Å². The molecule has 32 heavy (non-hydrogen) atoms. The minimum atomic E-state index is -3.78. The van der Waals surface area contributed by atoms with Crippen molar-refractivity contribution in [1.29, 1.82) is 0 Å². The molecule has 0 spiro atoms. The molecule has 0 aliphatic heterocycles. The molecule has 0 saturated carbocycles. The van der Waals surface area contributed by atoms with Crippen LogP contribution in [0.5, 0.6) is 0 Å². The second-order valence-corrected chi connectivity index (χ2v) is 10.5. The first-order valence-corrected chi connectivity index (χ1v) is 13.1. The molecule has 2 rings (SSSR count). The molecule has 2 aromatic rings. The van der Waals surface area contributed by atoms with E-state index in [4.69, 9.17) is 11.6 Å². The molecule has 174 valence electrons. The van der Waals surface area contributed by atoms with Crippen LogP contribution in [-0.2, 0) is 26.2 Å². The van der Waals surface area contributed by atoms with Crippen LogP contribution in [0.4, 0.5) is 5.69 Å². The maximum Gasteiger partial charge on any atom is 0.244 e. The van der Waals surface area contributed by atoms with Crippen molar-refractivity contribution in [2.45, 2.75) is 32.9 Å². The number of carbonyl (C=O) groups is 2. The Labute approximate surface area is 202 Å². The van der Waals surface area contributed by atoms with E-state index in [1.165, 1.54) is 4.90 Å². The maximum atomic E-state index is 13.4. The summed E-state index contributed by atoms with van der Waals surface area (Å²) < 4.78 is 26.6. The molecule has 0 fully saturated rings. The minimum absolute atomic E-state index is 0.0623. The van der Waals surface area contributed by atoms with E-state index < -0.39 is 28.5 Å². The van der Waals surface area contributed by atoms with Crippen molar-refractivity contribution < 1.29 is 18.0 Å². The summed E-state index contributed by atoms with van der Waals surface area (Å²) in [5, 5.41) is 3.24. The van der Waals surface area contributed by atoms with E-state index in [0.29, 0.717) is 27.3 Å². The lowest BCUT2D eigenvalue weighted by Crippen LogP contribution is -2.51. The minimum Gasteiger partial charge on any atom is -0.354 e. The molecule has 2 amide bonds. The highest BCUT2D eigenvalue weighted by Crippen LogP contribution is 2.28. The fourth-order valence-electron chi connectivity index (χ4n) is 3.04. The SMILES string of the molecule is CCCNC(=O)C(C)N(Cc1ccccc1Cl)C(=O)CN(c1ccccc1Br)S(C)(=O)=O. The zero-order chi connectivity index (χ0) is 23.9. The summed E-state index contributed by atoms with van der Waals surface area (Å²) in [4.78, 5) is 27.4. The van der Waals surface area contributed by atoms with Gasteiger partial charge in [0.25, 0.3) is 0 Å². The van der Waals surface area contributed by atoms with E-state index in [2.05, 4.69) is 21.2 Å². The second kappa shape index (κ2) is 11.7. The molecule has 0 aliphatic carbocycles. The first-order valence-electron chi connectivity index (χ1n) is 10.1. The van der Waals surface area contributed by atoms with Gasteiger partial charge in [-0.05, 0) is 53.0 Å². The molecule has 0 aromatic heterocycles. The fraction of sp³-hybridized carbons (Fsp3) is 0.364. The van der Waals surface area contributed by atoms with Crippen LogP contribution in [0.1, 0.15) is 25.8 Å². The molecule has 1 unspecified atom stereocenters. The Bertz CT molecular complexity index is 1060. The number of nitrogens with zero attached hydrogens (tertiary/aromatic N) is 2. The molecule has 0 bridgehead atoms. The third kappa shape index (κ3) is 6.95. The predicted molar refractivity (Wildman–Crippen MR) is 131 cm³/mol. The number of hydrogen-bond acceptors (Lipinski definition) is 4. The van der Waals surface area contributed by atoms with Gasteiger partial charge in [-0.2, -0.15) is 0 Å². The lowest BCUT2D eigenvalue weighted by atomic mass is 10.1. The van der Waals surface area contributed by atoms with Crippen LogP contribution in [0.3, 0.4) is 0 Å². The van der Waals surface area contributed by atoms with Gasteiger partial charge in [0.05, 0.1) is 11.9 Å². The van der Waals surface area contributed by atoms with Crippen molar-refractivity contribution in [1.82, 2.24) is 10.2 Å². The summed E-state index contributed by atoms with van der Waals surface area (Å²) in [6.45, 7) is 3.62. The Hall–Kier alpha value is -2.10. The lowest BCUT2D eigenvalue weighted by Gasteiger charge is -2.32. The number of para-hydroxylation sites is 1. The van der Waals surface area contributed by atoms with Crippen LogP contribution in [0.15, 0.2) is 53.0 Å². The first kappa shape index (κ1) is 26.2. The van der Waals surface area contributed by atoms with Gasteiger partial charge in [-0.3, -0.25) is 13.9 Å². The van der Waals surface area contributed by atoms with Crippen LogP contribution >= 0.6 is 27.5 Å². The normalized spacial score (nSPS) is 12.2. The molecule has 1 N–H and O–H groups in total. The van der Waals surface area contributed by atoms with Crippen molar-refractivity contribution in [3.8, 4) is 0 Å². The number of benzene rings is 2. The van der Waals surface area contributed by atoms with Crippen molar-refractivity contribution >= 4 is 55.1 Å². The van der Waals surface area contributed by atoms with E-state index in [0.717, 1.165) is 17.0 Å². The number of rotatable bonds is 10. The van der Waals surface area contributed by atoms with Gasteiger partial charge in [0.2, 0.25) is 21.8 Å². The third-order valence-corrected chi connectivity index (χ3v) is 6.98. The van der Waals surface area contributed by atoms with Gasteiger partial charge in [-0.25, -0.2) is 8.42 Å². The second-order valence-electron chi connectivity index (χ2n) is 7.30. The lowest BCUT2D eigenvalue weighted by molar-refractivity contribution is -0.139. The average molecular weight is 545 g/mol. The maximum absolute atomic E-state index is 13.4. The van der Waals surface area contributed by atoms with Gasteiger partial charge >= 0.3 is 0 Å². The topological polar surface area (TPSA) is 86.8 Å². The van der Waals surface area contributed by atoms with Crippen molar-refractivity contribution in [2.75, 3.05) is 23.7 Å². The van der Waals surface area contributed by atoms with Gasteiger partial charge in [-0.15, -0.1) is 0 Å². The van der Waals surface area contributed by atoms with E-state index in [1.807, 2.05) is 6.92 Å². The quantitative estimate of drug-likeness (QED) is 0.493. The zero-order valence-electron chi connectivity index (χ0n) is 18.2. The van der Waals surface area contributed by atoms with Gasteiger partial charge in [0.1, 0.15) is 12.6 Å². The molecule has 0 aliphatic rings. The van der Waals surface area contributed by atoms with Crippen molar-refractivity contribution in [3.63, 3.8) is 0 Å². The summed E-state index contributed by atoms with van der Waals surface area (Å²) in [7, 11) is -3.78. The number of carbonyl (C=O) groups excluding carboxylic acids is 2. The zero-order valence-corrected chi connectivity index (χ0v) is 21.4. The molecule has 0 saturated heterocycles. The van der Waals surface area contributed by atoms with Crippen LogP contribution in [0.2, 0.25) is 5.02 Å². The van der Waals surface area contributed by atoms with Gasteiger partial charge in [0.15, 0.2) is 0 Å². The molecule has 7 nitrogen and oxygen atoms in total. The van der Waals surface area contributed by atoms with Crippen LogP contribution in [-0.4, -0.2) is 50.5 Å². The average Bonchev–Trinajstić information content (AvgIpc) is 2.74. The summed E-state index contributed by atoms with van der Waals surface area (Å²) in [6, 6.07) is 12.9. The predicted octanol–water partition coefficient (Wildman–Crippen LogP) is 3.81. The number of hydrogen-bond donors (Lipinski definition) is 1. The highest BCUT2D eigenvalue weighted by Gasteiger charge is 2.30. The number of sulfonamides is 1. The Morgan fingerprint density at radius 3 is 2.34 bits per heavy atom. The number of amides is 2. The standard InChI is InChI=1S/C22H27BrClN3O4S/c1-4-13-25-22(29)16(2)26(14-17-9-5-7-11-19(17)24)21(28)15-27(32(3,30)31)20-12-8-6-10-18(20)23/h5-12,16H,4,13-15H2,1-3H3,(H,25,29). The van der Waals surface area contributed by atoms with Gasteiger partial charge in [0, 0.05) is 22.6 Å². The van der Waals surface area contributed by atoms with E-state index in [-0.39, 0.29) is 12.5 Å². The smallest absolute Gasteiger partial charge is 0.244 e. The number of nitrogens with one attached hydrogen (secondary N) is 1. The molecule has 2 aromatic carbocycles. The molecule has 0 heterocycles. The fourth-order valence-corrected chi connectivity index (χ4v) is 4.71. The Kier molecular flexibility index (Phi) is 9.54. The number of anilines is 1. The summed E-state index contributed by atoms with van der Waals surface area (Å²) in [5.74, 6) is -0.843. The van der Waals surface area contributed by atoms with Gasteiger partial charge in [-0.1, -0.05) is 48.9 Å². The van der Waals surface area contributed by atoms with E-state index in [1.54, 1.807) is 55.5 Å². The van der Waals surface area contributed by atoms with Crippen molar-refractivity contribution in [2.24, 2.45) is 0 Å². The summed E-state index contributed by atoms with van der Waals surface area (Å²) in [5.41, 5.74) is 0.994. The monoisotopic (exact) mass is 543 g/mol. The van der Waals surface area contributed by atoms with Gasteiger partial charge < -0.3 is 10.2 Å². The van der Waals surface area contributed by atoms with Crippen LogP contribution in [0.25, 0.3) is 0 Å². The Morgan fingerprint density at radius 2 is 1.75 bits per heavy atom. The number of halogens is 2. The highest BCUT2D eigenvalue weighted by molar-refractivity contribution is 9.10. The Balaban J connectivity index is 2.40. The Morgan fingerprint density at radius 1 is 1.12 bits per heavy atom. The van der Waals surface area contributed by atoms with Crippen molar-refractivity contribution in [3.05, 3.63) is 63.6 Å². The molecule has 1 atom stereocenters. The van der Waals surface area contributed by atoms with E-state index in [9.17, 15) is 18.0 Å². The molecular weight excluding hydrogens is 518 g/mol.